The van der Waals surface area contributed by atoms with Gasteiger partial charge in [0.1, 0.15) is 0 Å². The second-order valence-electron chi connectivity index (χ2n) is 5.80. The van der Waals surface area contributed by atoms with E-state index in [-0.39, 0.29) is 11.3 Å². The number of rotatable bonds is 5. The summed E-state index contributed by atoms with van der Waals surface area (Å²) in [6, 6.07) is 7.74. The zero-order chi connectivity index (χ0) is 14.7. The molecule has 1 heterocycles. The first kappa shape index (κ1) is 13.8. The van der Waals surface area contributed by atoms with Crippen molar-refractivity contribution >= 4 is 11.6 Å². The van der Waals surface area contributed by atoms with Crippen LogP contribution in [0.3, 0.4) is 0 Å². The maximum atomic E-state index is 12.2. The van der Waals surface area contributed by atoms with Gasteiger partial charge in [-0.3, -0.25) is 4.79 Å². The minimum Gasteiger partial charge on any atom is -0.330 e. The van der Waals surface area contributed by atoms with Crippen LogP contribution in [0.4, 0.5) is 5.69 Å². The summed E-state index contributed by atoms with van der Waals surface area (Å²) in [5.74, 6) is 0.0444. The lowest BCUT2D eigenvalue weighted by Gasteiger charge is -2.40. The summed E-state index contributed by atoms with van der Waals surface area (Å²) >= 11 is 0. The summed E-state index contributed by atoms with van der Waals surface area (Å²) in [6.45, 7) is 0.593. The van der Waals surface area contributed by atoms with Crippen LogP contribution in [0, 0.1) is 5.41 Å². The molecule has 5 nitrogen and oxygen atoms in total. The molecule has 1 aromatic heterocycles. The molecule has 21 heavy (non-hydrogen) atoms. The van der Waals surface area contributed by atoms with Gasteiger partial charge in [-0.1, -0.05) is 12.5 Å². The number of imidazole rings is 1. The van der Waals surface area contributed by atoms with Crippen LogP contribution >= 0.6 is 0 Å². The molecule has 0 atom stereocenters. The first-order valence-electron chi connectivity index (χ1n) is 7.29. The van der Waals surface area contributed by atoms with Crippen molar-refractivity contribution in [2.45, 2.75) is 25.7 Å². The van der Waals surface area contributed by atoms with Crippen LogP contribution < -0.4 is 11.1 Å². The molecule has 0 unspecified atom stereocenters. The van der Waals surface area contributed by atoms with E-state index in [2.05, 4.69) is 10.3 Å². The van der Waals surface area contributed by atoms with Crippen LogP contribution in [0.2, 0.25) is 0 Å². The second kappa shape index (κ2) is 5.69. The van der Waals surface area contributed by atoms with Crippen LogP contribution in [0.25, 0.3) is 5.69 Å². The van der Waals surface area contributed by atoms with Crippen LogP contribution in [-0.4, -0.2) is 22.0 Å². The quantitative estimate of drug-likeness (QED) is 0.885. The number of nitrogens with two attached hydrogens (primary N) is 1. The summed E-state index contributed by atoms with van der Waals surface area (Å²) in [6.07, 6.45) is 9.15. The Balaban J connectivity index is 1.67. The third-order valence-electron chi connectivity index (χ3n) is 4.32. The largest absolute Gasteiger partial charge is 0.330 e. The van der Waals surface area contributed by atoms with E-state index in [9.17, 15) is 4.79 Å². The van der Waals surface area contributed by atoms with E-state index < -0.39 is 0 Å². The van der Waals surface area contributed by atoms with Gasteiger partial charge in [-0.15, -0.1) is 0 Å². The monoisotopic (exact) mass is 284 g/mol. The van der Waals surface area contributed by atoms with Crippen LogP contribution in [0.5, 0.6) is 0 Å². The van der Waals surface area contributed by atoms with Gasteiger partial charge in [-0.2, -0.15) is 0 Å². The van der Waals surface area contributed by atoms with E-state index in [1.807, 2.05) is 35.0 Å². The molecule has 0 radical (unpaired) electrons. The molecule has 1 amide bonds. The average molecular weight is 284 g/mol. The lowest BCUT2D eigenvalue weighted by Crippen LogP contribution is -2.40. The molecule has 0 aliphatic heterocycles. The average Bonchev–Trinajstić information content (AvgIpc) is 2.97. The first-order valence-corrected chi connectivity index (χ1v) is 7.29. The molecule has 1 saturated carbocycles. The highest BCUT2D eigenvalue weighted by atomic mass is 16.1. The number of hydrogen-bond donors (Lipinski definition) is 2. The Kier molecular flexibility index (Phi) is 3.75. The molecule has 5 heteroatoms. The van der Waals surface area contributed by atoms with Gasteiger partial charge in [0, 0.05) is 30.2 Å². The molecule has 2 aromatic rings. The highest BCUT2D eigenvalue weighted by Crippen LogP contribution is 2.43. The van der Waals surface area contributed by atoms with Gasteiger partial charge < -0.3 is 15.6 Å². The number of hydrogen-bond acceptors (Lipinski definition) is 3. The molecule has 3 rings (SSSR count). The topological polar surface area (TPSA) is 72.9 Å². The van der Waals surface area contributed by atoms with E-state index in [0.717, 1.165) is 24.2 Å². The van der Waals surface area contributed by atoms with Crippen molar-refractivity contribution in [1.82, 2.24) is 9.55 Å². The molecule has 0 saturated heterocycles. The van der Waals surface area contributed by atoms with Crippen molar-refractivity contribution in [3.63, 3.8) is 0 Å². The number of anilines is 1. The SMILES string of the molecule is NCC1(CC(=O)Nc2cccc(-n3ccnc3)c2)CCC1. The smallest absolute Gasteiger partial charge is 0.224 e. The summed E-state index contributed by atoms with van der Waals surface area (Å²) in [7, 11) is 0. The third kappa shape index (κ3) is 2.97. The standard InChI is InChI=1S/C16H20N4O/c17-11-16(5-2-6-16)10-15(21)19-13-3-1-4-14(9-13)20-8-7-18-12-20/h1,3-4,7-9,12H,2,5-6,10-11,17H2,(H,19,21). The summed E-state index contributed by atoms with van der Waals surface area (Å²) in [5, 5.41) is 2.97. The van der Waals surface area contributed by atoms with Crippen LogP contribution in [0.1, 0.15) is 25.7 Å². The molecule has 1 fully saturated rings. The Morgan fingerprint density at radius 3 is 2.90 bits per heavy atom. The number of benzene rings is 1. The molecule has 0 spiro atoms. The van der Waals surface area contributed by atoms with Crippen molar-refractivity contribution in [1.29, 1.82) is 0 Å². The molecule has 1 aliphatic rings. The van der Waals surface area contributed by atoms with E-state index in [0.29, 0.717) is 13.0 Å². The first-order chi connectivity index (χ1) is 10.2. The summed E-state index contributed by atoms with van der Waals surface area (Å²) < 4.78 is 1.91. The number of nitrogens with zero attached hydrogens (tertiary/aromatic N) is 2. The van der Waals surface area contributed by atoms with E-state index in [4.69, 9.17) is 5.73 Å². The lowest BCUT2D eigenvalue weighted by atomic mass is 9.66. The maximum absolute atomic E-state index is 12.2. The van der Waals surface area contributed by atoms with E-state index >= 15 is 0 Å². The Morgan fingerprint density at radius 2 is 2.29 bits per heavy atom. The molecule has 110 valence electrons. The number of amides is 1. The zero-order valence-electron chi connectivity index (χ0n) is 12.0. The van der Waals surface area contributed by atoms with Gasteiger partial charge in [-0.05, 0) is 43.0 Å². The fraction of sp³-hybridized carbons (Fsp3) is 0.375. The Morgan fingerprint density at radius 1 is 1.43 bits per heavy atom. The van der Waals surface area contributed by atoms with Crippen molar-refractivity contribution < 1.29 is 4.79 Å². The molecular formula is C16H20N4O. The fourth-order valence-electron chi connectivity index (χ4n) is 2.83. The normalized spacial score (nSPS) is 16.2. The minimum absolute atomic E-state index is 0.0338. The second-order valence-corrected chi connectivity index (χ2v) is 5.80. The minimum atomic E-state index is 0.0338. The fourth-order valence-corrected chi connectivity index (χ4v) is 2.83. The zero-order valence-corrected chi connectivity index (χ0v) is 12.0. The van der Waals surface area contributed by atoms with Gasteiger partial charge in [-0.25, -0.2) is 4.98 Å². The molecule has 0 bridgehead atoms. The Labute approximate surface area is 124 Å². The molecular weight excluding hydrogens is 264 g/mol. The van der Waals surface area contributed by atoms with Gasteiger partial charge in [0.2, 0.25) is 5.91 Å². The molecule has 1 aromatic carbocycles. The van der Waals surface area contributed by atoms with Gasteiger partial charge in [0.25, 0.3) is 0 Å². The number of carbonyl (C=O) groups excluding carboxylic acids is 1. The summed E-state index contributed by atoms with van der Waals surface area (Å²) in [5.41, 5.74) is 7.62. The van der Waals surface area contributed by atoms with Crippen LogP contribution in [-0.2, 0) is 4.79 Å². The predicted molar refractivity (Wildman–Crippen MR) is 82.1 cm³/mol. The van der Waals surface area contributed by atoms with Gasteiger partial charge in [0.15, 0.2) is 0 Å². The third-order valence-corrected chi connectivity index (χ3v) is 4.32. The van der Waals surface area contributed by atoms with E-state index in [1.165, 1.54) is 6.42 Å². The van der Waals surface area contributed by atoms with Crippen LogP contribution in [0.15, 0.2) is 43.0 Å². The van der Waals surface area contributed by atoms with Crippen molar-refractivity contribution in [3.05, 3.63) is 43.0 Å². The van der Waals surface area contributed by atoms with Crippen molar-refractivity contribution in [2.75, 3.05) is 11.9 Å². The molecule has 3 N–H and O–H groups in total. The highest BCUT2D eigenvalue weighted by molar-refractivity contribution is 5.91. The van der Waals surface area contributed by atoms with Crippen molar-refractivity contribution in [2.24, 2.45) is 11.1 Å². The van der Waals surface area contributed by atoms with Gasteiger partial charge in [0.05, 0.1) is 6.33 Å². The Bertz CT molecular complexity index is 611. The van der Waals surface area contributed by atoms with Crippen molar-refractivity contribution in [3.8, 4) is 5.69 Å². The number of carbonyl (C=O) groups is 1. The number of aromatic nitrogens is 2. The van der Waals surface area contributed by atoms with Gasteiger partial charge >= 0.3 is 0 Å². The lowest BCUT2D eigenvalue weighted by molar-refractivity contribution is -0.119. The highest BCUT2D eigenvalue weighted by Gasteiger charge is 2.37. The molecule has 1 aliphatic carbocycles. The Hall–Kier alpha value is -2.14. The number of nitrogens with one attached hydrogen (secondary N) is 1. The predicted octanol–water partition coefficient (Wildman–Crippen LogP) is 2.33. The summed E-state index contributed by atoms with van der Waals surface area (Å²) in [4.78, 5) is 16.2. The maximum Gasteiger partial charge on any atom is 0.224 e. The van der Waals surface area contributed by atoms with E-state index in [1.54, 1.807) is 12.5 Å².